The largest absolute Gasteiger partial charge is 0.454 e. The zero-order valence-corrected chi connectivity index (χ0v) is 14.9. The Labute approximate surface area is 158 Å². The van der Waals surface area contributed by atoms with Crippen LogP contribution in [0, 0.1) is 5.82 Å². The summed E-state index contributed by atoms with van der Waals surface area (Å²) < 4.78 is 31.5. The quantitative estimate of drug-likeness (QED) is 0.797. The number of nitrogens with zero attached hydrogens (tertiary/aromatic N) is 2. The molecule has 0 unspecified atom stereocenters. The number of hydrogen-bond donors (Lipinski definition) is 1. The van der Waals surface area contributed by atoms with E-state index in [9.17, 15) is 18.8 Å². The van der Waals surface area contributed by atoms with Crippen LogP contribution in [0.15, 0.2) is 34.0 Å². The molecule has 2 aromatic rings. The fourth-order valence-electron chi connectivity index (χ4n) is 3.16. The van der Waals surface area contributed by atoms with E-state index in [-0.39, 0.29) is 13.3 Å². The molecule has 1 saturated heterocycles. The van der Waals surface area contributed by atoms with Crippen molar-refractivity contribution in [1.82, 2.24) is 14.5 Å². The van der Waals surface area contributed by atoms with Crippen LogP contribution in [0.5, 0.6) is 11.5 Å². The third kappa shape index (κ3) is 3.50. The van der Waals surface area contributed by atoms with E-state index in [2.05, 4.69) is 5.32 Å². The van der Waals surface area contributed by atoms with Gasteiger partial charge in [0.05, 0.1) is 6.20 Å². The molecule has 10 heteroatoms. The lowest BCUT2D eigenvalue weighted by Crippen LogP contribution is -2.45. The predicted molar refractivity (Wildman–Crippen MR) is 93.6 cm³/mol. The zero-order chi connectivity index (χ0) is 19.7. The fraction of sp³-hybridized carbons (Fsp3) is 0.389. The number of hydrogen-bond acceptors (Lipinski definition) is 6. The molecule has 1 aromatic carbocycles. The maximum absolute atomic E-state index is 14.0. The molecule has 0 aliphatic carbocycles. The first-order chi connectivity index (χ1) is 13.5. The van der Waals surface area contributed by atoms with E-state index in [1.807, 2.05) is 0 Å². The number of nitrogens with one attached hydrogen (secondary N) is 1. The molecular weight excluding hydrogens is 373 g/mol. The summed E-state index contributed by atoms with van der Waals surface area (Å²) in [6, 6.07) is 5.20. The number of aromatic nitrogens is 2. The van der Waals surface area contributed by atoms with Gasteiger partial charge in [-0.1, -0.05) is 6.07 Å². The summed E-state index contributed by atoms with van der Waals surface area (Å²) >= 11 is 0. The lowest BCUT2D eigenvalue weighted by Gasteiger charge is -2.15. The van der Waals surface area contributed by atoms with Crippen LogP contribution in [0.4, 0.5) is 4.39 Å². The molecule has 3 heterocycles. The molecule has 0 bridgehead atoms. The van der Waals surface area contributed by atoms with Gasteiger partial charge in [0, 0.05) is 13.2 Å². The van der Waals surface area contributed by atoms with Crippen LogP contribution >= 0.6 is 0 Å². The summed E-state index contributed by atoms with van der Waals surface area (Å²) in [6.07, 6.45) is 1.47. The number of halogens is 1. The fourth-order valence-corrected chi connectivity index (χ4v) is 3.16. The molecule has 2 aliphatic rings. The Morgan fingerprint density at radius 2 is 2.07 bits per heavy atom. The van der Waals surface area contributed by atoms with Crippen molar-refractivity contribution in [2.75, 3.05) is 13.4 Å². The molecule has 0 radical (unpaired) electrons. The SMILES string of the molecule is O=C(Cn1c(=O)c(F)cn([C@@H]2CCCO2)c1=O)NCc1ccc2c(c1)OCO2. The van der Waals surface area contributed by atoms with Crippen LogP contribution < -0.4 is 26.0 Å². The van der Waals surface area contributed by atoms with E-state index in [4.69, 9.17) is 14.2 Å². The van der Waals surface area contributed by atoms with E-state index in [1.54, 1.807) is 18.2 Å². The van der Waals surface area contributed by atoms with Gasteiger partial charge in [0.25, 0.3) is 5.56 Å². The van der Waals surface area contributed by atoms with Gasteiger partial charge in [-0.15, -0.1) is 0 Å². The second kappa shape index (κ2) is 7.47. The Hall–Kier alpha value is -3.14. The van der Waals surface area contributed by atoms with Crippen LogP contribution in [-0.4, -0.2) is 28.4 Å². The molecule has 148 valence electrons. The van der Waals surface area contributed by atoms with Crippen molar-refractivity contribution in [3.63, 3.8) is 0 Å². The number of ether oxygens (including phenoxy) is 3. The van der Waals surface area contributed by atoms with Gasteiger partial charge in [-0.25, -0.2) is 9.36 Å². The van der Waals surface area contributed by atoms with Gasteiger partial charge >= 0.3 is 5.69 Å². The van der Waals surface area contributed by atoms with E-state index < -0.39 is 35.7 Å². The molecule has 0 spiro atoms. The number of fused-ring (bicyclic) bond motifs is 1. The highest BCUT2D eigenvalue weighted by Gasteiger charge is 2.23. The lowest BCUT2D eigenvalue weighted by molar-refractivity contribution is -0.122. The molecule has 0 saturated carbocycles. The zero-order valence-electron chi connectivity index (χ0n) is 14.9. The Kier molecular flexibility index (Phi) is 4.86. The molecule has 4 rings (SSSR count). The first-order valence-corrected chi connectivity index (χ1v) is 8.81. The molecule has 28 heavy (non-hydrogen) atoms. The Morgan fingerprint density at radius 3 is 2.86 bits per heavy atom. The van der Waals surface area contributed by atoms with Crippen LogP contribution in [0.2, 0.25) is 0 Å². The van der Waals surface area contributed by atoms with Gasteiger partial charge in [0.2, 0.25) is 18.5 Å². The second-order valence-corrected chi connectivity index (χ2v) is 6.49. The number of amides is 1. The molecular formula is C18H18FN3O6. The van der Waals surface area contributed by atoms with Crippen molar-refractivity contribution in [3.8, 4) is 11.5 Å². The number of rotatable bonds is 5. The monoisotopic (exact) mass is 391 g/mol. The van der Waals surface area contributed by atoms with Gasteiger partial charge in [0.15, 0.2) is 11.5 Å². The van der Waals surface area contributed by atoms with Crippen LogP contribution in [0.25, 0.3) is 0 Å². The summed E-state index contributed by atoms with van der Waals surface area (Å²) in [4.78, 5) is 36.8. The van der Waals surface area contributed by atoms with E-state index >= 15 is 0 Å². The summed E-state index contributed by atoms with van der Waals surface area (Å²) in [6.45, 7) is 0.157. The molecule has 1 atom stereocenters. The number of benzene rings is 1. The normalized spacial score (nSPS) is 17.7. The molecule has 2 aliphatic heterocycles. The maximum Gasteiger partial charge on any atom is 0.333 e. The van der Waals surface area contributed by atoms with E-state index in [1.165, 1.54) is 0 Å². The van der Waals surface area contributed by atoms with Crippen LogP contribution in [0.3, 0.4) is 0 Å². The van der Waals surface area contributed by atoms with Gasteiger partial charge < -0.3 is 19.5 Å². The third-order valence-electron chi connectivity index (χ3n) is 4.60. The minimum Gasteiger partial charge on any atom is -0.454 e. The van der Waals surface area contributed by atoms with Crippen molar-refractivity contribution in [2.45, 2.75) is 32.2 Å². The van der Waals surface area contributed by atoms with Crippen LogP contribution in [0.1, 0.15) is 24.6 Å². The molecule has 1 fully saturated rings. The average molecular weight is 391 g/mol. The Balaban J connectivity index is 1.48. The first-order valence-electron chi connectivity index (χ1n) is 8.81. The summed E-state index contributed by atoms with van der Waals surface area (Å²) in [5, 5.41) is 2.60. The minimum atomic E-state index is -1.14. The summed E-state index contributed by atoms with van der Waals surface area (Å²) in [5.41, 5.74) is -1.17. The lowest BCUT2D eigenvalue weighted by atomic mass is 10.2. The Morgan fingerprint density at radius 1 is 1.25 bits per heavy atom. The highest BCUT2D eigenvalue weighted by molar-refractivity contribution is 5.75. The standard InChI is InChI=1S/C18H18FN3O6/c19-12-8-21(16-2-1-5-26-16)18(25)22(17(12)24)9-15(23)20-7-11-3-4-13-14(6-11)28-10-27-13/h3-4,6,8,16H,1-2,5,7,9-10H2,(H,20,23)/t16-/m0/s1. The summed E-state index contributed by atoms with van der Waals surface area (Å²) in [7, 11) is 0. The molecule has 9 nitrogen and oxygen atoms in total. The molecule has 1 amide bonds. The van der Waals surface area contributed by atoms with Crippen molar-refractivity contribution >= 4 is 5.91 Å². The van der Waals surface area contributed by atoms with Crippen molar-refractivity contribution < 1.29 is 23.4 Å². The smallest absolute Gasteiger partial charge is 0.333 e. The van der Waals surface area contributed by atoms with Gasteiger partial charge in [-0.2, -0.15) is 4.39 Å². The number of carbonyl (C=O) groups is 1. The van der Waals surface area contributed by atoms with Crippen LogP contribution in [-0.2, 0) is 22.6 Å². The highest BCUT2D eigenvalue weighted by atomic mass is 19.1. The van der Waals surface area contributed by atoms with Crippen molar-refractivity contribution in [1.29, 1.82) is 0 Å². The van der Waals surface area contributed by atoms with Crippen molar-refractivity contribution in [2.24, 2.45) is 0 Å². The van der Waals surface area contributed by atoms with Crippen molar-refractivity contribution in [3.05, 3.63) is 56.6 Å². The number of carbonyl (C=O) groups excluding carboxylic acids is 1. The average Bonchev–Trinajstić information content (AvgIpc) is 3.37. The molecule has 1 N–H and O–H groups in total. The Bertz CT molecular complexity index is 1020. The second-order valence-electron chi connectivity index (χ2n) is 6.49. The predicted octanol–water partition coefficient (Wildman–Crippen LogP) is 0.503. The van der Waals surface area contributed by atoms with Gasteiger partial charge in [0.1, 0.15) is 12.8 Å². The highest BCUT2D eigenvalue weighted by Crippen LogP contribution is 2.32. The van der Waals surface area contributed by atoms with Gasteiger partial charge in [-0.05, 0) is 30.5 Å². The van der Waals surface area contributed by atoms with E-state index in [0.717, 1.165) is 22.7 Å². The minimum absolute atomic E-state index is 0.143. The molecule has 1 aromatic heterocycles. The summed E-state index contributed by atoms with van der Waals surface area (Å²) in [5.74, 6) is -0.511. The van der Waals surface area contributed by atoms with E-state index in [0.29, 0.717) is 29.1 Å². The maximum atomic E-state index is 14.0. The van der Waals surface area contributed by atoms with Gasteiger partial charge in [-0.3, -0.25) is 14.2 Å². The first kappa shape index (κ1) is 18.2. The third-order valence-corrected chi connectivity index (χ3v) is 4.60. The topological polar surface area (TPSA) is 101 Å².